The molecule has 0 aliphatic rings. The van der Waals surface area contributed by atoms with Gasteiger partial charge < -0.3 is 0 Å². The highest BCUT2D eigenvalue weighted by Crippen LogP contribution is 2.16. The summed E-state index contributed by atoms with van der Waals surface area (Å²) in [5.74, 6) is 0. The highest BCUT2D eigenvalue weighted by Gasteiger charge is 2.06. The number of nitrogens with zero attached hydrogens (tertiary/aromatic N) is 1. The second-order valence-corrected chi connectivity index (χ2v) is 4.71. The van der Waals surface area contributed by atoms with Crippen LogP contribution in [0.2, 0.25) is 0 Å². The van der Waals surface area contributed by atoms with Crippen molar-refractivity contribution in [2.45, 2.75) is 13.3 Å². The monoisotopic (exact) mass is 250 g/mol. The molecule has 2 aromatic carbocycles. The Morgan fingerprint density at radius 2 is 1.84 bits per heavy atom. The van der Waals surface area contributed by atoms with E-state index in [1.165, 1.54) is 11.1 Å². The lowest BCUT2D eigenvalue weighted by molar-refractivity contribution is 0.933. The van der Waals surface area contributed by atoms with Crippen LogP contribution in [0.1, 0.15) is 16.8 Å². The topological polar surface area (TPSA) is 45.8 Å². The Morgan fingerprint density at radius 3 is 2.63 bits per heavy atom. The average molecular weight is 250 g/mol. The van der Waals surface area contributed by atoms with Crippen LogP contribution in [-0.2, 0) is 6.42 Å². The maximum atomic E-state index is 11.7. The third kappa shape index (κ3) is 2.27. The summed E-state index contributed by atoms with van der Waals surface area (Å²) in [6.07, 6.45) is 0.721. The van der Waals surface area contributed by atoms with Gasteiger partial charge in [-0.1, -0.05) is 48.0 Å². The van der Waals surface area contributed by atoms with Crippen LogP contribution in [-0.4, -0.2) is 10.2 Å². The van der Waals surface area contributed by atoms with Gasteiger partial charge in [-0.15, -0.1) is 0 Å². The lowest BCUT2D eigenvalue weighted by Crippen LogP contribution is -2.11. The van der Waals surface area contributed by atoms with Crippen molar-refractivity contribution in [3.05, 3.63) is 75.7 Å². The minimum absolute atomic E-state index is 0.136. The number of hydrogen-bond acceptors (Lipinski definition) is 2. The number of rotatable bonds is 2. The van der Waals surface area contributed by atoms with Crippen LogP contribution in [0.25, 0.3) is 10.8 Å². The molecule has 0 amide bonds. The second-order valence-electron chi connectivity index (χ2n) is 4.71. The number of hydrogen-bond donors (Lipinski definition) is 1. The van der Waals surface area contributed by atoms with Gasteiger partial charge in [-0.3, -0.25) is 4.79 Å². The molecule has 1 N–H and O–H groups in total. The zero-order valence-electron chi connectivity index (χ0n) is 10.7. The zero-order valence-corrected chi connectivity index (χ0v) is 10.7. The molecule has 94 valence electrons. The van der Waals surface area contributed by atoms with Crippen molar-refractivity contribution in [3.8, 4) is 0 Å². The quantitative estimate of drug-likeness (QED) is 0.760. The number of nitrogens with one attached hydrogen (secondary N) is 1. The number of aromatic amines is 1. The van der Waals surface area contributed by atoms with Gasteiger partial charge in [-0.05, 0) is 18.6 Å². The van der Waals surface area contributed by atoms with E-state index < -0.39 is 0 Å². The molecular weight excluding hydrogens is 236 g/mol. The first-order valence-corrected chi connectivity index (χ1v) is 6.26. The summed E-state index contributed by atoms with van der Waals surface area (Å²) in [6, 6.07) is 15.9. The molecule has 3 nitrogen and oxygen atoms in total. The van der Waals surface area contributed by atoms with Crippen molar-refractivity contribution < 1.29 is 0 Å². The lowest BCUT2D eigenvalue weighted by atomic mass is 10.0. The lowest BCUT2D eigenvalue weighted by Gasteiger charge is -2.05. The minimum Gasteiger partial charge on any atom is -0.267 e. The molecule has 3 heteroatoms. The predicted octanol–water partition coefficient (Wildman–Crippen LogP) is 2.82. The fourth-order valence-electron chi connectivity index (χ4n) is 2.32. The molecule has 3 rings (SSSR count). The smallest absolute Gasteiger partial charge is 0.267 e. The van der Waals surface area contributed by atoms with Gasteiger partial charge in [-0.25, -0.2) is 5.10 Å². The van der Waals surface area contributed by atoms with Gasteiger partial charge in [0.1, 0.15) is 0 Å². The molecule has 1 heterocycles. The molecule has 3 aromatic rings. The number of fused-ring (bicyclic) bond motifs is 1. The van der Waals surface area contributed by atoms with E-state index in [4.69, 9.17) is 0 Å². The van der Waals surface area contributed by atoms with Crippen molar-refractivity contribution >= 4 is 10.8 Å². The molecule has 0 spiro atoms. The molecule has 19 heavy (non-hydrogen) atoms. The number of aryl methyl sites for hydroxylation is 1. The van der Waals surface area contributed by atoms with Crippen molar-refractivity contribution in [1.29, 1.82) is 0 Å². The molecule has 0 aliphatic heterocycles. The Balaban J connectivity index is 2.11. The van der Waals surface area contributed by atoms with Crippen LogP contribution >= 0.6 is 0 Å². The highest BCUT2D eigenvalue weighted by molar-refractivity contribution is 5.83. The van der Waals surface area contributed by atoms with E-state index >= 15 is 0 Å². The first-order valence-electron chi connectivity index (χ1n) is 6.26. The highest BCUT2D eigenvalue weighted by atomic mass is 16.1. The Kier molecular flexibility index (Phi) is 2.88. The van der Waals surface area contributed by atoms with Crippen molar-refractivity contribution in [2.75, 3.05) is 0 Å². The van der Waals surface area contributed by atoms with E-state index in [-0.39, 0.29) is 5.56 Å². The predicted molar refractivity (Wildman–Crippen MR) is 76.3 cm³/mol. The molecule has 1 aromatic heterocycles. The Hall–Kier alpha value is -2.42. The van der Waals surface area contributed by atoms with Gasteiger partial charge >= 0.3 is 0 Å². The summed E-state index contributed by atoms with van der Waals surface area (Å²) < 4.78 is 0. The van der Waals surface area contributed by atoms with Crippen LogP contribution in [0.3, 0.4) is 0 Å². The average Bonchev–Trinajstić information content (AvgIpc) is 2.42. The maximum absolute atomic E-state index is 11.7. The molecule has 0 bridgehead atoms. The number of aromatic nitrogens is 2. The molecule has 0 atom stereocenters. The number of benzene rings is 2. The molecule has 0 radical (unpaired) electrons. The minimum atomic E-state index is -0.136. The van der Waals surface area contributed by atoms with Gasteiger partial charge in [0.05, 0.1) is 11.1 Å². The first kappa shape index (κ1) is 11.7. The van der Waals surface area contributed by atoms with E-state index in [9.17, 15) is 4.79 Å². The van der Waals surface area contributed by atoms with Crippen molar-refractivity contribution in [3.63, 3.8) is 0 Å². The Bertz CT molecular complexity index is 790. The largest absolute Gasteiger partial charge is 0.272 e. The standard InChI is InChI=1S/C16H14N2O/c1-11-5-4-6-12(9-11)10-15-13-7-2-3-8-14(13)16(19)18-17-15/h2-9H,10H2,1H3,(H,18,19). The first-order chi connectivity index (χ1) is 9.24. The van der Waals surface area contributed by atoms with Crippen LogP contribution in [0.5, 0.6) is 0 Å². The zero-order chi connectivity index (χ0) is 13.2. The SMILES string of the molecule is Cc1cccc(Cc2n[nH]c(=O)c3ccccc23)c1. The van der Waals surface area contributed by atoms with E-state index in [1.807, 2.05) is 30.3 Å². The van der Waals surface area contributed by atoms with E-state index in [1.54, 1.807) is 0 Å². The van der Waals surface area contributed by atoms with E-state index in [0.717, 1.165) is 17.5 Å². The summed E-state index contributed by atoms with van der Waals surface area (Å²) in [6.45, 7) is 2.07. The summed E-state index contributed by atoms with van der Waals surface area (Å²) in [5, 5.41) is 8.38. The van der Waals surface area contributed by atoms with Gasteiger partial charge in [0.2, 0.25) is 0 Å². The summed E-state index contributed by atoms with van der Waals surface area (Å²) >= 11 is 0. The van der Waals surface area contributed by atoms with Crippen LogP contribution in [0.15, 0.2) is 53.3 Å². The summed E-state index contributed by atoms with van der Waals surface area (Å²) in [5.41, 5.74) is 3.19. The van der Waals surface area contributed by atoms with Gasteiger partial charge in [0, 0.05) is 11.8 Å². The van der Waals surface area contributed by atoms with Gasteiger partial charge in [0.15, 0.2) is 0 Å². The normalized spacial score (nSPS) is 10.8. The summed E-state index contributed by atoms with van der Waals surface area (Å²) in [7, 11) is 0. The fourth-order valence-corrected chi connectivity index (χ4v) is 2.32. The maximum Gasteiger partial charge on any atom is 0.272 e. The molecule has 0 aliphatic carbocycles. The fraction of sp³-hybridized carbons (Fsp3) is 0.125. The van der Waals surface area contributed by atoms with E-state index in [0.29, 0.717) is 5.39 Å². The van der Waals surface area contributed by atoms with Gasteiger partial charge in [0.25, 0.3) is 5.56 Å². The molecule has 0 unspecified atom stereocenters. The van der Waals surface area contributed by atoms with Gasteiger partial charge in [-0.2, -0.15) is 5.10 Å². The third-order valence-corrected chi connectivity index (χ3v) is 3.23. The Labute approximate surface area is 110 Å². The molecule has 0 saturated heterocycles. The van der Waals surface area contributed by atoms with E-state index in [2.05, 4.69) is 35.3 Å². The molecule has 0 fully saturated rings. The number of H-pyrrole nitrogens is 1. The second kappa shape index (κ2) is 4.69. The van der Waals surface area contributed by atoms with Crippen LogP contribution in [0.4, 0.5) is 0 Å². The van der Waals surface area contributed by atoms with Crippen molar-refractivity contribution in [2.24, 2.45) is 0 Å². The van der Waals surface area contributed by atoms with Crippen LogP contribution < -0.4 is 5.56 Å². The molecule has 0 saturated carbocycles. The van der Waals surface area contributed by atoms with Crippen LogP contribution in [0, 0.1) is 6.92 Å². The summed E-state index contributed by atoms with van der Waals surface area (Å²) in [4.78, 5) is 11.7. The van der Waals surface area contributed by atoms with Crippen molar-refractivity contribution in [1.82, 2.24) is 10.2 Å². The Morgan fingerprint density at radius 1 is 1.05 bits per heavy atom. The molecular formula is C16H14N2O. The third-order valence-electron chi connectivity index (χ3n) is 3.23.